The Kier molecular flexibility index (Phi) is 6.82. The first kappa shape index (κ1) is 24.3. The van der Waals surface area contributed by atoms with E-state index in [4.69, 9.17) is 21.1 Å². The van der Waals surface area contributed by atoms with Crippen LogP contribution < -0.4 is 19.7 Å². The highest BCUT2D eigenvalue weighted by Gasteiger charge is 2.31. The molecule has 0 aliphatic carbocycles. The van der Waals surface area contributed by atoms with Crippen molar-refractivity contribution in [2.75, 3.05) is 50.8 Å². The summed E-state index contributed by atoms with van der Waals surface area (Å²) < 4.78 is 25.7. The van der Waals surface area contributed by atoms with Crippen LogP contribution in [0.2, 0.25) is 5.02 Å². The fraction of sp³-hybridized carbons (Fsp3) is 0.414. The van der Waals surface area contributed by atoms with E-state index < -0.39 is 5.82 Å². The summed E-state index contributed by atoms with van der Waals surface area (Å²) in [4.78, 5) is 18.0. The number of ether oxygens (including phenoxy) is 2. The molecule has 6 nitrogen and oxygen atoms in total. The van der Waals surface area contributed by atoms with E-state index in [0.29, 0.717) is 31.9 Å². The lowest BCUT2D eigenvalue weighted by Crippen LogP contribution is -2.50. The maximum atomic E-state index is 14.6. The molecular formula is C29H31ClFN3O3. The van der Waals surface area contributed by atoms with Crippen LogP contribution in [0.5, 0.6) is 11.5 Å². The zero-order chi connectivity index (χ0) is 25.4. The van der Waals surface area contributed by atoms with Gasteiger partial charge in [-0.05, 0) is 85.1 Å². The molecule has 0 saturated carbocycles. The highest BCUT2D eigenvalue weighted by atomic mass is 35.5. The van der Waals surface area contributed by atoms with Crippen LogP contribution in [0.25, 0.3) is 10.8 Å². The first-order valence-electron chi connectivity index (χ1n) is 13.1. The molecule has 8 heteroatoms. The normalized spacial score (nSPS) is 20.1. The summed E-state index contributed by atoms with van der Waals surface area (Å²) in [7, 11) is 0. The van der Waals surface area contributed by atoms with E-state index in [9.17, 15) is 9.18 Å². The van der Waals surface area contributed by atoms with Crippen molar-refractivity contribution in [2.45, 2.75) is 25.3 Å². The Balaban J connectivity index is 1.13. The molecule has 1 N–H and O–H groups in total. The number of amides is 1. The van der Waals surface area contributed by atoms with E-state index in [1.54, 1.807) is 0 Å². The first-order valence-corrected chi connectivity index (χ1v) is 13.4. The van der Waals surface area contributed by atoms with Crippen molar-refractivity contribution in [1.29, 1.82) is 0 Å². The van der Waals surface area contributed by atoms with E-state index in [0.717, 1.165) is 59.6 Å². The maximum absolute atomic E-state index is 14.6. The Morgan fingerprint density at radius 1 is 1.05 bits per heavy atom. The van der Waals surface area contributed by atoms with Crippen LogP contribution >= 0.6 is 11.6 Å². The van der Waals surface area contributed by atoms with Gasteiger partial charge in [-0.3, -0.25) is 4.79 Å². The van der Waals surface area contributed by atoms with Crippen LogP contribution in [0.1, 0.15) is 18.4 Å². The number of nitrogens with one attached hydrogen (secondary N) is 1. The summed E-state index contributed by atoms with van der Waals surface area (Å²) in [6.45, 7) is 5.10. The highest BCUT2D eigenvalue weighted by Crippen LogP contribution is 2.35. The lowest BCUT2D eigenvalue weighted by atomic mass is 10.0. The minimum Gasteiger partial charge on any atom is -0.486 e. The smallest absolute Gasteiger partial charge is 0.225 e. The molecule has 3 aliphatic heterocycles. The van der Waals surface area contributed by atoms with Gasteiger partial charge in [-0.1, -0.05) is 23.7 Å². The van der Waals surface area contributed by atoms with Crippen molar-refractivity contribution in [3.63, 3.8) is 0 Å². The number of carbonyl (C=O) groups excluding carboxylic acids is 1. The van der Waals surface area contributed by atoms with Gasteiger partial charge in [0, 0.05) is 36.4 Å². The van der Waals surface area contributed by atoms with Crippen molar-refractivity contribution in [3.8, 4) is 11.5 Å². The quantitative estimate of drug-likeness (QED) is 0.488. The van der Waals surface area contributed by atoms with Crippen molar-refractivity contribution in [2.24, 2.45) is 5.92 Å². The summed E-state index contributed by atoms with van der Waals surface area (Å²) in [6, 6.07) is 15.5. The molecule has 3 aromatic carbocycles. The number of nitrogens with zero attached hydrogens (tertiary/aromatic N) is 2. The number of likely N-dealkylation sites (tertiary alicyclic amines) is 1. The standard InChI is InChI=1S/C29H31ClFN3O3/c30-23-4-2-21-16-25(5-3-20(21)15-23)34-9-6-22(17-34)29(35)32-24(18-33-7-1-8-33)12-19-13-26(31)28-27(14-19)36-10-11-37-28/h2-5,13-16,22,24H,1,6-12,17-18H2,(H,32,35)/t22-,24?/m1/s1. The van der Waals surface area contributed by atoms with Crippen LogP contribution in [0, 0.1) is 11.7 Å². The molecule has 0 radical (unpaired) electrons. The molecule has 2 atom stereocenters. The van der Waals surface area contributed by atoms with E-state index in [2.05, 4.69) is 33.3 Å². The molecular weight excluding hydrogens is 493 g/mol. The summed E-state index contributed by atoms with van der Waals surface area (Å²) in [5.41, 5.74) is 1.92. The highest BCUT2D eigenvalue weighted by molar-refractivity contribution is 6.31. The van der Waals surface area contributed by atoms with Gasteiger partial charge in [0.15, 0.2) is 17.3 Å². The summed E-state index contributed by atoms with van der Waals surface area (Å²) in [5.74, 6) is 0.196. The third-order valence-corrected chi connectivity index (χ3v) is 7.86. The lowest BCUT2D eigenvalue weighted by molar-refractivity contribution is -0.125. The molecule has 1 unspecified atom stereocenters. The number of benzene rings is 3. The topological polar surface area (TPSA) is 54.0 Å². The molecule has 3 aromatic rings. The average molecular weight is 524 g/mol. The Labute approximate surface area is 221 Å². The zero-order valence-corrected chi connectivity index (χ0v) is 21.5. The third kappa shape index (κ3) is 5.34. The van der Waals surface area contributed by atoms with E-state index >= 15 is 0 Å². The fourth-order valence-electron chi connectivity index (χ4n) is 5.53. The minimum absolute atomic E-state index is 0.0682. The van der Waals surface area contributed by atoms with Crippen LogP contribution in [0.15, 0.2) is 48.5 Å². The molecule has 6 rings (SSSR count). The molecule has 37 heavy (non-hydrogen) atoms. The fourth-order valence-corrected chi connectivity index (χ4v) is 5.71. The van der Waals surface area contributed by atoms with Crippen LogP contribution in [-0.4, -0.2) is 62.8 Å². The number of anilines is 1. The largest absolute Gasteiger partial charge is 0.486 e. The first-order chi connectivity index (χ1) is 18.0. The number of hydrogen-bond donors (Lipinski definition) is 1. The van der Waals surface area contributed by atoms with Gasteiger partial charge in [0.25, 0.3) is 0 Å². The molecule has 0 spiro atoms. The number of halogens is 2. The predicted molar refractivity (Wildman–Crippen MR) is 143 cm³/mol. The van der Waals surface area contributed by atoms with Gasteiger partial charge in [-0.15, -0.1) is 0 Å². The van der Waals surface area contributed by atoms with E-state index in [-0.39, 0.29) is 23.6 Å². The van der Waals surface area contributed by atoms with Crippen LogP contribution in [0.3, 0.4) is 0 Å². The third-order valence-electron chi connectivity index (χ3n) is 7.62. The second-order valence-electron chi connectivity index (χ2n) is 10.3. The molecule has 0 bridgehead atoms. The van der Waals surface area contributed by atoms with Gasteiger partial charge in [-0.25, -0.2) is 4.39 Å². The second kappa shape index (κ2) is 10.4. The van der Waals surface area contributed by atoms with Crippen LogP contribution in [0.4, 0.5) is 10.1 Å². The number of hydrogen-bond acceptors (Lipinski definition) is 5. The summed E-state index contributed by atoms with van der Waals surface area (Å²) in [6.07, 6.45) is 2.52. The SMILES string of the molecule is O=C(NC(Cc1cc(F)c2c(c1)OCCO2)CN1CCC1)[C@@H]1CCN(c2ccc3cc(Cl)ccc3c2)C1. The number of rotatable bonds is 7. The second-order valence-corrected chi connectivity index (χ2v) is 10.7. The van der Waals surface area contributed by atoms with Gasteiger partial charge >= 0.3 is 0 Å². The Morgan fingerprint density at radius 3 is 2.70 bits per heavy atom. The van der Waals surface area contributed by atoms with Crippen molar-refractivity contribution < 1.29 is 18.7 Å². The molecule has 3 aliphatic rings. The molecule has 0 aromatic heterocycles. The minimum atomic E-state index is -0.412. The van der Waals surface area contributed by atoms with Gasteiger partial charge in [0.05, 0.1) is 5.92 Å². The molecule has 1 amide bonds. The maximum Gasteiger partial charge on any atom is 0.225 e. The number of carbonyl (C=O) groups is 1. The van der Waals surface area contributed by atoms with E-state index in [1.807, 2.05) is 24.3 Å². The van der Waals surface area contributed by atoms with Crippen molar-refractivity contribution in [1.82, 2.24) is 10.2 Å². The summed E-state index contributed by atoms with van der Waals surface area (Å²) >= 11 is 6.13. The van der Waals surface area contributed by atoms with Crippen molar-refractivity contribution >= 4 is 34.0 Å². The Morgan fingerprint density at radius 2 is 1.86 bits per heavy atom. The molecule has 2 fully saturated rings. The van der Waals surface area contributed by atoms with Gasteiger partial charge in [0.2, 0.25) is 5.91 Å². The Hall–Kier alpha value is -3.03. The van der Waals surface area contributed by atoms with E-state index in [1.165, 1.54) is 12.5 Å². The zero-order valence-electron chi connectivity index (χ0n) is 20.7. The molecule has 3 heterocycles. The van der Waals surface area contributed by atoms with Gasteiger partial charge in [0.1, 0.15) is 13.2 Å². The molecule has 194 valence electrons. The van der Waals surface area contributed by atoms with Crippen LogP contribution in [-0.2, 0) is 11.2 Å². The monoisotopic (exact) mass is 523 g/mol. The average Bonchev–Trinajstić information content (AvgIpc) is 3.36. The number of fused-ring (bicyclic) bond motifs is 2. The molecule has 2 saturated heterocycles. The Bertz CT molecular complexity index is 1320. The van der Waals surface area contributed by atoms with Gasteiger partial charge in [-0.2, -0.15) is 0 Å². The predicted octanol–water partition coefficient (Wildman–Crippen LogP) is 4.66. The lowest BCUT2D eigenvalue weighted by Gasteiger charge is -2.35. The summed E-state index contributed by atoms with van der Waals surface area (Å²) in [5, 5.41) is 6.27. The van der Waals surface area contributed by atoms with Gasteiger partial charge < -0.3 is 24.6 Å². The van der Waals surface area contributed by atoms with Crippen molar-refractivity contribution in [3.05, 3.63) is 64.9 Å².